The molecule has 0 bridgehead atoms. The molecule has 11 heavy (non-hydrogen) atoms. The van der Waals surface area contributed by atoms with Crippen molar-refractivity contribution in [2.45, 2.75) is 0 Å². The minimum absolute atomic E-state index is 0.373. The Labute approximate surface area is 66.7 Å². The van der Waals surface area contributed by atoms with Crippen LogP contribution >= 0.6 is 11.3 Å². The highest BCUT2D eigenvalue weighted by molar-refractivity contribution is 7.07. The lowest BCUT2D eigenvalue weighted by Crippen LogP contribution is -2.47. The monoisotopic (exact) mass is 173 g/mol. The van der Waals surface area contributed by atoms with E-state index in [1.165, 1.54) is 11.3 Å². The Morgan fingerprint density at radius 1 is 1.82 bits per heavy atom. The summed E-state index contributed by atoms with van der Waals surface area (Å²) in [7, 11) is 0. The van der Waals surface area contributed by atoms with Crippen molar-refractivity contribution in [1.29, 1.82) is 0 Å². The number of thiazole rings is 1. The normalized spacial score (nSPS) is 9.27. The molecule has 0 radical (unpaired) electrons. The quantitative estimate of drug-likeness (QED) is 0.300. The maximum Gasteiger partial charge on any atom is 0.351 e. The van der Waals surface area contributed by atoms with Crippen molar-refractivity contribution in [3.05, 3.63) is 10.9 Å². The van der Waals surface area contributed by atoms with Gasteiger partial charge in [0.05, 0.1) is 5.51 Å². The zero-order chi connectivity index (χ0) is 8.27. The van der Waals surface area contributed by atoms with Crippen LogP contribution in [0.4, 0.5) is 10.6 Å². The molecule has 1 rings (SSSR count). The first-order valence-electron chi connectivity index (χ1n) is 2.69. The van der Waals surface area contributed by atoms with Crippen molar-refractivity contribution in [2.75, 3.05) is 5.01 Å². The van der Waals surface area contributed by atoms with Crippen LogP contribution in [-0.4, -0.2) is 11.0 Å². The number of aromatic nitrogens is 1. The van der Waals surface area contributed by atoms with Gasteiger partial charge in [0.2, 0.25) is 0 Å². The maximum atomic E-state index is 10.7. The summed E-state index contributed by atoms with van der Waals surface area (Å²) in [4.78, 5) is 14.5. The molecule has 1 aromatic rings. The second-order valence-electron chi connectivity index (χ2n) is 1.67. The number of hydrogen-bond acceptors (Lipinski definition) is 5. The van der Waals surface area contributed by atoms with E-state index in [1.807, 2.05) is 5.43 Å². The summed E-state index contributed by atoms with van der Waals surface area (Å²) in [6, 6.07) is -0.601. The second-order valence-corrected chi connectivity index (χ2v) is 2.38. The molecule has 5 N–H and O–H groups in total. The summed E-state index contributed by atoms with van der Waals surface area (Å²) in [5.74, 6) is 10.5. The van der Waals surface area contributed by atoms with Crippen LogP contribution in [0.15, 0.2) is 10.9 Å². The molecular formula is C4H7N5OS. The van der Waals surface area contributed by atoms with E-state index in [2.05, 4.69) is 4.98 Å². The van der Waals surface area contributed by atoms with Gasteiger partial charge in [0.1, 0.15) is 0 Å². The molecule has 0 aliphatic carbocycles. The van der Waals surface area contributed by atoms with Gasteiger partial charge < -0.3 is 0 Å². The fraction of sp³-hybridized carbons (Fsp3) is 0. The van der Waals surface area contributed by atoms with Crippen LogP contribution in [-0.2, 0) is 0 Å². The molecular weight excluding hydrogens is 166 g/mol. The van der Waals surface area contributed by atoms with E-state index in [0.717, 1.165) is 5.01 Å². The van der Waals surface area contributed by atoms with Crippen molar-refractivity contribution < 1.29 is 4.79 Å². The van der Waals surface area contributed by atoms with Crippen molar-refractivity contribution >= 4 is 23.2 Å². The van der Waals surface area contributed by atoms with Crippen molar-refractivity contribution in [2.24, 2.45) is 11.7 Å². The fourth-order valence-electron chi connectivity index (χ4n) is 0.499. The Hall–Kier alpha value is -1.18. The first kappa shape index (κ1) is 7.92. The molecule has 0 unspecified atom stereocenters. The summed E-state index contributed by atoms with van der Waals surface area (Å²) in [5, 5.41) is 2.46. The molecule has 7 heteroatoms. The molecule has 6 nitrogen and oxygen atoms in total. The van der Waals surface area contributed by atoms with E-state index < -0.39 is 6.03 Å². The largest absolute Gasteiger partial charge is 0.351 e. The van der Waals surface area contributed by atoms with Gasteiger partial charge in [-0.25, -0.2) is 26.5 Å². The molecule has 2 amide bonds. The van der Waals surface area contributed by atoms with Gasteiger partial charge in [-0.15, -0.1) is 11.3 Å². The Morgan fingerprint density at radius 3 is 3.00 bits per heavy atom. The number of rotatable bonds is 1. The summed E-state index contributed by atoms with van der Waals surface area (Å²) < 4.78 is 0. The lowest BCUT2D eigenvalue weighted by Gasteiger charge is -2.11. The average molecular weight is 173 g/mol. The van der Waals surface area contributed by atoms with Crippen LogP contribution in [0.5, 0.6) is 0 Å². The number of hydrazine groups is 2. The van der Waals surface area contributed by atoms with Crippen LogP contribution in [0.25, 0.3) is 0 Å². The third-order valence-electron chi connectivity index (χ3n) is 1.01. The molecule has 0 aliphatic heterocycles. The third-order valence-corrected chi connectivity index (χ3v) is 1.58. The first-order valence-corrected chi connectivity index (χ1v) is 3.63. The predicted octanol–water partition coefficient (Wildman–Crippen LogP) is -0.593. The van der Waals surface area contributed by atoms with Gasteiger partial charge >= 0.3 is 6.03 Å². The highest BCUT2D eigenvalue weighted by Gasteiger charge is 2.10. The first-order chi connectivity index (χ1) is 5.25. The maximum absolute atomic E-state index is 10.7. The molecule has 0 spiro atoms. The standard InChI is InChI=1S/C4H7N5OS/c5-8-4(10)9(6)3-1-11-2-7-3/h1-2H,5-6H2,(H,8,10). The summed E-state index contributed by atoms with van der Waals surface area (Å²) >= 11 is 1.34. The van der Waals surface area contributed by atoms with Crippen molar-refractivity contribution in [3.8, 4) is 0 Å². The number of hydrogen-bond donors (Lipinski definition) is 3. The Morgan fingerprint density at radius 2 is 2.55 bits per heavy atom. The van der Waals surface area contributed by atoms with E-state index in [4.69, 9.17) is 11.7 Å². The van der Waals surface area contributed by atoms with Gasteiger partial charge in [-0.3, -0.25) is 5.43 Å². The van der Waals surface area contributed by atoms with Crippen LogP contribution in [0.2, 0.25) is 0 Å². The van der Waals surface area contributed by atoms with Crippen LogP contribution in [0.1, 0.15) is 0 Å². The van der Waals surface area contributed by atoms with Crippen LogP contribution < -0.4 is 22.1 Å². The average Bonchev–Trinajstić information content (AvgIpc) is 2.53. The lowest BCUT2D eigenvalue weighted by atomic mass is 10.7. The molecule has 1 heterocycles. The molecule has 0 saturated carbocycles. The van der Waals surface area contributed by atoms with Crippen LogP contribution in [0, 0.1) is 0 Å². The molecule has 60 valence electrons. The number of carbonyl (C=O) groups is 1. The molecule has 1 aromatic heterocycles. The van der Waals surface area contributed by atoms with Gasteiger partial charge in [-0.05, 0) is 0 Å². The number of anilines is 1. The van der Waals surface area contributed by atoms with Gasteiger partial charge in [0.15, 0.2) is 5.82 Å². The number of nitrogens with one attached hydrogen (secondary N) is 1. The van der Waals surface area contributed by atoms with E-state index >= 15 is 0 Å². The number of amides is 2. The molecule has 0 aromatic carbocycles. The summed E-state index contributed by atoms with van der Waals surface area (Å²) in [6.45, 7) is 0. The Kier molecular flexibility index (Phi) is 2.36. The Bertz CT molecular complexity index is 235. The van der Waals surface area contributed by atoms with E-state index in [9.17, 15) is 4.79 Å². The number of carbonyl (C=O) groups excluding carboxylic acids is 1. The molecule has 0 atom stereocenters. The number of nitrogens with two attached hydrogens (primary N) is 2. The summed E-state index contributed by atoms with van der Waals surface area (Å²) in [6.07, 6.45) is 0. The zero-order valence-corrected chi connectivity index (χ0v) is 6.34. The van der Waals surface area contributed by atoms with Crippen LogP contribution in [0.3, 0.4) is 0 Å². The van der Waals surface area contributed by atoms with Gasteiger partial charge in [-0.2, -0.15) is 0 Å². The van der Waals surface area contributed by atoms with Gasteiger partial charge in [-0.1, -0.05) is 0 Å². The lowest BCUT2D eigenvalue weighted by molar-refractivity contribution is 0.246. The number of urea groups is 1. The van der Waals surface area contributed by atoms with E-state index in [1.54, 1.807) is 10.9 Å². The van der Waals surface area contributed by atoms with Crippen molar-refractivity contribution in [3.63, 3.8) is 0 Å². The highest BCUT2D eigenvalue weighted by Crippen LogP contribution is 2.09. The minimum atomic E-state index is -0.601. The van der Waals surface area contributed by atoms with E-state index in [-0.39, 0.29) is 0 Å². The number of nitrogens with zero attached hydrogens (tertiary/aromatic N) is 2. The smallest absolute Gasteiger partial charge is 0.274 e. The molecule has 0 saturated heterocycles. The SMILES string of the molecule is NNC(=O)N(N)c1cscn1. The minimum Gasteiger partial charge on any atom is -0.274 e. The highest BCUT2D eigenvalue weighted by atomic mass is 32.1. The fourth-order valence-corrected chi connectivity index (χ4v) is 1.02. The van der Waals surface area contributed by atoms with Gasteiger partial charge in [0.25, 0.3) is 0 Å². The summed E-state index contributed by atoms with van der Waals surface area (Å²) in [5.41, 5.74) is 3.45. The Balaban J connectivity index is 2.70. The molecule has 0 fully saturated rings. The zero-order valence-electron chi connectivity index (χ0n) is 5.52. The van der Waals surface area contributed by atoms with E-state index in [0.29, 0.717) is 5.82 Å². The topological polar surface area (TPSA) is 97.3 Å². The van der Waals surface area contributed by atoms with Crippen molar-refractivity contribution in [1.82, 2.24) is 10.4 Å². The predicted molar refractivity (Wildman–Crippen MR) is 41.5 cm³/mol. The second kappa shape index (κ2) is 3.28. The molecule has 0 aliphatic rings. The third kappa shape index (κ3) is 1.64. The van der Waals surface area contributed by atoms with Gasteiger partial charge in [0, 0.05) is 5.38 Å².